The van der Waals surface area contributed by atoms with Crippen LogP contribution in [0.4, 0.5) is 11.4 Å². The number of anilines is 2. The first-order chi connectivity index (χ1) is 11.6. The topological polar surface area (TPSA) is 70.2 Å². The molecule has 0 atom stereocenters. The van der Waals surface area contributed by atoms with Crippen LogP contribution in [0.1, 0.15) is 45.4 Å². The van der Waals surface area contributed by atoms with Crippen molar-refractivity contribution in [3.05, 3.63) is 35.9 Å². The van der Waals surface area contributed by atoms with Gasteiger partial charge in [-0.15, -0.1) is 0 Å². The van der Waals surface area contributed by atoms with Crippen LogP contribution in [0.2, 0.25) is 0 Å². The lowest BCUT2D eigenvalue weighted by atomic mass is 9.97. The van der Waals surface area contributed by atoms with Gasteiger partial charge in [-0.1, -0.05) is 11.6 Å². The first-order valence-electron chi connectivity index (χ1n) is 8.69. The van der Waals surface area contributed by atoms with Crippen LogP contribution in [0.25, 0.3) is 0 Å². The molecule has 2 amide bonds. The van der Waals surface area contributed by atoms with Crippen molar-refractivity contribution in [1.29, 1.82) is 0 Å². The molecule has 0 saturated carbocycles. The zero-order valence-corrected chi connectivity index (χ0v) is 14.4. The Morgan fingerprint density at radius 1 is 1.00 bits per heavy atom. The third kappa shape index (κ3) is 6.96. The van der Waals surface area contributed by atoms with Crippen LogP contribution >= 0.6 is 0 Å². The third-order valence-corrected chi connectivity index (χ3v) is 4.03. The molecule has 1 aliphatic rings. The molecule has 5 heteroatoms. The normalized spacial score (nSPS) is 14.0. The van der Waals surface area contributed by atoms with Gasteiger partial charge in [0.05, 0.1) is 0 Å². The Kier molecular flexibility index (Phi) is 7.49. The zero-order chi connectivity index (χ0) is 17.2. The molecule has 0 aromatic heterocycles. The number of amides is 2. The minimum absolute atomic E-state index is 0.00772. The molecule has 1 aromatic rings. The molecule has 0 saturated heterocycles. The van der Waals surface area contributed by atoms with Gasteiger partial charge in [-0.25, -0.2) is 0 Å². The summed E-state index contributed by atoms with van der Waals surface area (Å²) < 4.78 is 0. The molecular formula is C19H27N3O2. The summed E-state index contributed by atoms with van der Waals surface area (Å²) in [6, 6.07) is 7.11. The lowest BCUT2D eigenvalue weighted by Gasteiger charge is -2.13. The van der Waals surface area contributed by atoms with E-state index >= 15 is 0 Å². The summed E-state index contributed by atoms with van der Waals surface area (Å²) in [7, 11) is 0. The maximum atomic E-state index is 11.9. The second kappa shape index (κ2) is 9.88. The molecule has 0 unspecified atom stereocenters. The Labute approximate surface area is 143 Å². The minimum atomic E-state index is -0.109. The number of carbonyl (C=O) groups is 2. The summed E-state index contributed by atoms with van der Waals surface area (Å²) >= 11 is 0. The fraction of sp³-hybridized carbons (Fsp3) is 0.474. The average molecular weight is 329 g/mol. The smallest absolute Gasteiger partial charge is 0.225 e. The van der Waals surface area contributed by atoms with Gasteiger partial charge in [-0.3, -0.25) is 9.59 Å². The molecule has 1 aliphatic carbocycles. The first-order valence-corrected chi connectivity index (χ1v) is 8.69. The zero-order valence-electron chi connectivity index (χ0n) is 14.4. The summed E-state index contributed by atoms with van der Waals surface area (Å²) in [6.45, 7) is 3.08. The SMILES string of the molecule is CC(=O)Nc1ccc(NC(=O)CCNCCC2=CCCCC2)cc1. The summed E-state index contributed by atoms with van der Waals surface area (Å²) in [6.07, 6.45) is 8.99. The second-order valence-corrected chi connectivity index (χ2v) is 6.16. The van der Waals surface area contributed by atoms with E-state index in [0.717, 1.165) is 24.3 Å². The molecule has 2 rings (SSSR count). The molecule has 0 spiro atoms. The summed E-state index contributed by atoms with van der Waals surface area (Å²) in [5, 5.41) is 8.89. The highest BCUT2D eigenvalue weighted by atomic mass is 16.2. The van der Waals surface area contributed by atoms with Gasteiger partial charge >= 0.3 is 0 Å². The molecular weight excluding hydrogens is 302 g/mol. The average Bonchev–Trinajstić information content (AvgIpc) is 2.57. The largest absolute Gasteiger partial charge is 0.326 e. The van der Waals surface area contributed by atoms with E-state index in [-0.39, 0.29) is 11.8 Å². The second-order valence-electron chi connectivity index (χ2n) is 6.16. The van der Waals surface area contributed by atoms with Gasteiger partial charge in [-0.05, 0) is 62.9 Å². The lowest BCUT2D eigenvalue weighted by Crippen LogP contribution is -2.23. The highest BCUT2D eigenvalue weighted by molar-refractivity contribution is 5.92. The van der Waals surface area contributed by atoms with Gasteiger partial charge in [-0.2, -0.15) is 0 Å². The van der Waals surface area contributed by atoms with Crippen LogP contribution in [0.3, 0.4) is 0 Å². The predicted molar refractivity (Wildman–Crippen MR) is 98.0 cm³/mol. The number of carbonyl (C=O) groups excluding carboxylic acids is 2. The van der Waals surface area contributed by atoms with E-state index in [2.05, 4.69) is 22.0 Å². The Balaban J connectivity index is 1.60. The minimum Gasteiger partial charge on any atom is -0.326 e. The predicted octanol–water partition coefficient (Wildman–Crippen LogP) is 3.45. The number of benzene rings is 1. The van der Waals surface area contributed by atoms with Gasteiger partial charge in [0.15, 0.2) is 0 Å². The maximum Gasteiger partial charge on any atom is 0.225 e. The van der Waals surface area contributed by atoms with Crippen LogP contribution in [-0.2, 0) is 9.59 Å². The third-order valence-electron chi connectivity index (χ3n) is 4.03. The molecule has 0 fully saturated rings. The highest BCUT2D eigenvalue weighted by Crippen LogP contribution is 2.19. The van der Waals surface area contributed by atoms with Crippen molar-refractivity contribution in [1.82, 2.24) is 5.32 Å². The summed E-state index contributed by atoms with van der Waals surface area (Å²) in [4.78, 5) is 22.9. The first kappa shape index (κ1) is 18.2. The van der Waals surface area contributed by atoms with Crippen molar-refractivity contribution in [2.24, 2.45) is 0 Å². The van der Waals surface area contributed by atoms with E-state index in [1.54, 1.807) is 29.8 Å². The maximum absolute atomic E-state index is 11.9. The van der Waals surface area contributed by atoms with Crippen molar-refractivity contribution in [3.63, 3.8) is 0 Å². The van der Waals surface area contributed by atoms with Crippen LogP contribution < -0.4 is 16.0 Å². The molecule has 3 N–H and O–H groups in total. The lowest BCUT2D eigenvalue weighted by molar-refractivity contribution is -0.116. The molecule has 0 heterocycles. The van der Waals surface area contributed by atoms with Gasteiger partial charge in [0.25, 0.3) is 0 Å². The molecule has 0 radical (unpaired) electrons. The Morgan fingerprint density at radius 3 is 2.33 bits per heavy atom. The van der Waals surface area contributed by atoms with Crippen molar-refractivity contribution in [2.75, 3.05) is 23.7 Å². The Morgan fingerprint density at radius 2 is 1.71 bits per heavy atom. The fourth-order valence-electron chi connectivity index (χ4n) is 2.77. The summed E-state index contributed by atoms with van der Waals surface area (Å²) in [5.74, 6) is -0.117. The number of allylic oxidation sites excluding steroid dienone is 1. The fourth-order valence-corrected chi connectivity index (χ4v) is 2.77. The molecule has 130 valence electrons. The van der Waals surface area contributed by atoms with Crippen LogP contribution in [0.5, 0.6) is 0 Å². The van der Waals surface area contributed by atoms with E-state index < -0.39 is 0 Å². The van der Waals surface area contributed by atoms with Crippen molar-refractivity contribution in [3.8, 4) is 0 Å². The molecule has 1 aromatic carbocycles. The number of rotatable bonds is 8. The molecule has 5 nitrogen and oxygen atoms in total. The van der Waals surface area contributed by atoms with Gasteiger partial charge < -0.3 is 16.0 Å². The van der Waals surface area contributed by atoms with Gasteiger partial charge in [0.2, 0.25) is 11.8 Å². The molecule has 0 aliphatic heterocycles. The van der Waals surface area contributed by atoms with Gasteiger partial charge in [0, 0.05) is 31.3 Å². The summed E-state index contributed by atoms with van der Waals surface area (Å²) in [5.41, 5.74) is 3.01. The van der Waals surface area contributed by atoms with Crippen molar-refractivity contribution < 1.29 is 9.59 Å². The molecule has 0 bridgehead atoms. The number of hydrogen-bond acceptors (Lipinski definition) is 3. The van der Waals surface area contributed by atoms with E-state index in [4.69, 9.17) is 0 Å². The van der Waals surface area contributed by atoms with Crippen LogP contribution in [-0.4, -0.2) is 24.9 Å². The monoisotopic (exact) mass is 329 g/mol. The van der Waals surface area contributed by atoms with Crippen LogP contribution in [0, 0.1) is 0 Å². The highest BCUT2D eigenvalue weighted by Gasteiger charge is 2.05. The van der Waals surface area contributed by atoms with E-state index in [1.165, 1.54) is 32.6 Å². The number of nitrogens with one attached hydrogen (secondary N) is 3. The van der Waals surface area contributed by atoms with Crippen molar-refractivity contribution >= 4 is 23.2 Å². The Bertz CT molecular complexity index is 579. The van der Waals surface area contributed by atoms with E-state index in [0.29, 0.717) is 13.0 Å². The van der Waals surface area contributed by atoms with E-state index in [1.807, 2.05) is 0 Å². The number of hydrogen-bond donors (Lipinski definition) is 3. The standard InChI is InChI=1S/C19H27N3O2/c1-15(23)21-17-7-9-18(10-8-17)22-19(24)12-14-20-13-11-16-5-3-2-4-6-16/h5,7-10,20H,2-4,6,11-14H2,1H3,(H,21,23)(H,22,24). The van der Waals surface area contributed by atoms with Crippen molar-refractivity contribution in [2.45, 2.75) is 45.4 Å². The van der Waals surface area contributed by atoms with Gasteiger partial charge in [0.1, 0.15) is 0 Å². The Hall–Kier alpha value is -2.14. The van der Waals surface area contributed by atoms with Crippen LogP contribution in [0.15, 0.2) is 35.9 Å². The molecule has 24 heavy (non-hydrogen) atoms. The van der Waals surface area contributed by atoms with E-state index in [9.17, 15) is 9.59 Å². The quantitative estimate of drug-likeness (QED) is 0.505.